The first-order valence-corrected chi connectivity index (χ1v) is 23.7. The van der Waals surface area contributed by atoms with E-state index in [2.05, 4.69) is 222 Å². The molecule has 0 saturated heterocycles. The molecule has 12 aromatic carbocycles. The molecule has 70 heavy (non-hydrogen) atoms. The Labute approximate surface area is 415 Å². The summed E-state index contributed by atoms with van der Waals surface area (Å²) in [5.41, 5.74) is 15.6. The van der Waals surface area contributed by atoms with Crippen LogP contribution in [0.5, 0.6) is 0 Å². The van der Waals surface area contributed by atoms with Gasteiger partial charge in [0, 0.05) is 38.9 Å². The molecule has 0 fully saturated rings. The molecule has 2 nitrogen and oxygen atoms in total. The normalized spacial score (nSPS) is 12.4. The van der Waals surface area contributed by atoms with Crippen LogP contribution in [0.25, 0.3) is 105 Å². The van der Waals surface area contributed by atoms with Gasteiger partial charge in [-0.25, -0.2) is 0 Å². The van der Waals surface area contributed by atoms with Crippen molar-refractivity contribution >= 4 is 60.4 Å². The van der Waals surface area contributed by atoms with Crippen LogP contribution < -0.4 is 4.90 Å². The SMILES string of the molecule is [2H]c1c([2H])c([2H])c(-c2ccc(N(c3ccc(-c4ccc5c(c4)c4ccc6ccccc6c4n5-c4ccc(-c5ccc6ccccc6c5)cc4)cc3)c3cc(-c4ccccc4)cc(-c4ccccc4)c3)cc2)c([2H])c1[2H]. The smallest absolute Gasteiger partial charge is 0.0629 e. The van der Waals surface area contributed by atoms with Gasteiger partial charge >= 0.3 is 0 Å². The molecule has 13 rings (SSSR count). The lowest BCUT2D eigenvalue weighted by Crippen LogP contribution is -2.10. The molecule has 0 amide bonds. The average molecular weight is 896 g/mol. The minimum atomic E-state index is -0.410. The maximum atomic E-state index is 8.71. The highest BCUT2D eigenvalue weighted by Crippen LogP contribution is 2.43. The van der Waals surface area contributed by atoms with Crippen molar-refractivity contribution in [2.45, 2.75) is 0 Å². The number of nitrogens with zero attached hydrogens (tertiary/aromatic N) is 2. The summed E-state index contributed by atoms with van der Waals surface area (Å²) in [5.74, 6) is 0. The van der Waals surface area contributed by atoms with Crippen molar-refractivity contribution in [1.29, 1.82) is 0 Å². The summed E-state index contributed by atoms with van der Waals surface area (Å²) in [7, 11) is 0. The molecule has 13 aromatic rings. The number of hydrogen-bond acceptors (Lipinski definition) is 1. The average Bonchev–Trinajstić information content (AvgIpc) is 3.86. The lowest BCUT2D eigenvalue weighted by Gasteiger charge is -2.27. The Morgan fingerprint density at radius 1 is 0.286 bits per heavy atom. The number of benzene rings is 12. The third kappa shape index (κ3) is 7.49. The molecule has 328 valence electrons. The fourth-order valence-corrected chi connectivity index (χ4v) is 10.2. The second kappa shape index (κ2) is 17.4. The van der Waals surface area contributed by atoms with E-state index < -0.39 is 6.04 Å². The van der Waals surface area contributed by atoms with Crippen molar-refractivity contribution in [3.05, 3.63) is 279 Å². The lowest BCUT2D eigenvalue weighted by molar-refractivity contribution is 1.19. The predicted molar refractivity (Wildman–Crippen MR) is 298 cm³/mol. The van der Waals surface area contributed by atoms with Crippen molar-refractivity contribution in [3.8, 4) is 61.3 Å². The third-order valence-corrected chi connectivity index (χ3v) is 13.6. The first kappa shape index (κ1) is 35.9. The summed E-state index contributed by atoms with van der Waals surface area (Å²) in [6.45, 7) is 0. The molecule has 0 atom stereocenters. The fraction of sp³-hybridized carbons (Fsp3) is 0. The van der Waals surface area contributed by atoms with Crippen molar-refractivity contribution in [2.24, 2.45) is 0 Å². The Bertz CT molecular complexity index is 4240. The molecule has 0 aliphatic carbocycles. The predicted octanol–water partition coefficient (Wildman–Crippen LogP) is 18.9. The van der Waals surface area contributed by atoms with Crippen LogP contribution in [0.4, 0.5) is 17.1 Å². The quantitative estimate of drug-likeness (QED) is 0.140. The molecular weight excluding hydrogens is 845 g/mol. The number of hydrogen-bond donors (Lipinski definition) is 0. The number of rotatable bonds is 9. The van der Waals surface area contributed by atoms with Crippen LogP contribution in [0, 0.1) is 0 Å². The van der Waals surface area contributed by atoms with Gasteiger partial charge in [-0.15, -0.1) is 0 Å². The maximum Gasteiger partial charge on any atom is 0.0629 e. The Morgan fingerprint density at radius 3 is 1.44 bits per heavy atom. The Hall–Kier alpha value is -9.24. The van der Waals surface area contributed by atoms with E-state index in [1.807, 2.05) is 36.4 Å². The molecule has 1 heterocycles. The molecule has 0 unspecified atom stereocenters. The van der Waals surface area contributed by atoms with E-state index >= 15 is 0 Å². The Kier molecular flexibility index (Phi) is 8.94. The number of fused-ring (bicyclic) bond motifs is 6. The van der Waals surface area contributed by atoms with E-state index in [1.54, 1.807) is 0 Å². The second-order valence-electron chi connectivity index (χ2n) is 17.8. The minimum absolute atomic E-state index is 0.170. The molecule has 0 saturated carbocycles. The van der Waals surface area contributed by atoms with E-state index in [9.17, 15) is 0 Å². The van der Waals surface area contributed by atoms with Crippen molar-refractivity contribution < 1.29 is 6.85 Å². The van der Waals surface area contributed by atoms with Crippen LogP contribution in [-0.2, 0) is 0 Å². The zero-order chi connectivity index (χ0) is 50.7. The Balaban J connectivity index is 0.926. The van der Waals surface area contributed by atoms with Gasteiger partial charge in [-0.3, -0.25) is 0 Å². The van der Waals surface area contributed by atoms with Crippen molar-refractivity contribution in [1.82, 2.24) is 4.57 Å². The van der Waals surface area contributed by atoms with Crippen LogP contribution in [0.1, 0.15) is 6.85 Å². The van der Waals surface area contributed by atoms with E-state index in [0.29, 0.717) is 5.56 Å². The van der Waals surface area contributed by atoms with Crippen molar-refractivity contribution in [3.63, 3.8) is 0 Å². The standard InChI is InChI=1S/C68H46N2/c1-4-14-47(15-5-1)51-26-34-60(35-27-51)69(63-44-58(48-16-6-2-7-17-48)43-59(45-63)49-18-8-3-9-19-49)61-36-28-53(29-37-61)57-33-41-67-66(46-57)65-40-32-54-21-12-13-23-64(54)68(65)70(67)62-38-30-52(31-39-62)56-25-24-50-20-10-11-22-55(50)42-56/h1-46H/i1D,4D,5D,14D,15D. The number of aromatic nitrogens is 1. The first-order valence-electron chi connectivity index (χ1n) is 26.2. The van der Waals surface area contributed by atoms with Gasteiger partial charge in [0.1, 0.15) is 0 Å². The highest BCUT2D eigenvalue weighted by Gasteiger charge is 2.19. The number of anilines is 3. The van der Waals surface area contributed by atoms with Crippen LogP contribution in [0.15, 0.2) is 279 Å². The summed E-state index contributed by atoms with van der Waals surface area (Å²) in [6, 6.07) is 86.2. The van der Waals surface area contributed by atoms with Crippen LogP contribution in [0.3, 0.4) is 0 Å². The van der Waals surface area contributed by atoms with Crippen LogP contribution in [-0.4, -0.2) is 4.57 Å². The van der Waals surface area contributed by atoms with Gasteiger partial charge in [0.05, 0.1) is 17.9 Å². The molecular formula is C68H46N2. The van der Waals surface area contributed by atoms with Gasteiger partial charge in [-0.1, -0.05) is 206 Å². The molecule has 0 bridgehead atoms. The van der Waals surface area contributed by atoms with E-state index in [4.69, 9.17) is 6.85 Å². The molecule has 0 aliphatic heterocycles. The van der Waals surface area contributed by atoms with Crippen molar-refractivity contribution in [2.75, 3.05) is 4.90 Å². The van der Waals surface area contributed by atoms with Gasteiger partial charge in [-0.2, -0.15) is 0 Å². The summed E-state index contributed by atoms with van der Waals surface area (Å²) in [6.07, 6.45) is 0. The Morgan fingerprint density at radius 2 is 0.786 bits per heavy atom. The zero-order valence-electron chi connectivity index (χ0n) is 43.1. The summed E-state index contributed by atoms with van der Waals surface area (Å²) in [4.78, 5) is 2.22. The van der Waals surface area contributed by atoms with E-state index in [1.165, 1.54) is 49.0 Å². The molecule has 1 aromatic heterocycles. The highest BCUT2D eigenvalue weighted by molar-refractivity contribution is 6.19. The first-order chi connectivity index (χ1) is 36.8. The molecule has 0 N–H and O–H groups in total. The maximum absolute atomic E-state index is 8.71. The minimum Gasteiger partial charge on any atom is -0.310 e. The summed E-state index contributed by atoms with van der Waals surface area (Å²) < 4.78 is 44.7. The van der Waals surface area contributed by atoms with Crippen LogP contribution in [0.2, 0.25) is 0 Å². The third-order valence-electron chi connectivity index (χ3n) is 13.6. The lowest BCUT2D eigenvalue weighted by atomic mass is 9.97. The fourth-order valence-electron chi connectivity index (χ4n) is 10.2. The molecule has 0 radical (unpaired) electrons. The van der Waals surface area contributed by atoms with Crippen LogP contribution >= 0.6 is 0 Å². The van der Waals surface area contributed by atoms with Gasteiger partial charge < -0.3 is 9.47 Å². The molecule has 2 heteroatoms. The van der Waals surface area contributed by atoms with Gasteiger partial charge in [-0.05, 0) is 145 Å². The summed E-state index contributed by atoms with van der Waals surface area (Å²) >= 11 is 0. The van der Waals surface area contributed by atoms with E-state index in [0.717, 1.165) is 61.6 Å². The monoisotopic (exact) mass is 895 g/mol. The summed E-state index contributed by atoms with van der Waals surface area (Å²) in [5, 5.41) is 7.20. The molecule has 0 aliphatic rings. The topological polar surface area (TPSA) is 8.17 Å². The largest absolute Gasteiger partial charge is 0.310 e. The molecule has 0 spiro atoms. The van der Waals surface area contributed by atoms with Gasteiger partial charge in [0.25, 0.3) is 0 Å². The van der Waals surface area contributed by atoms with E-state index in [-0.39, 0.29) is 29.7 Å². The second-order valence-corrected chi connectivity index (χ2v) is 17.8. The van der Waals surface area contributed by atoms with Gasteiger partial charge in [0.2, 0.25) is 0 Å². The zero-order valence-corrected chi connectivity index (χ0v) is 38.1. The van der Waals surface area contributed by atoms with Gasteiger partial charge in [0.15, 0.2) is 0 Å². The highest BCUT2D eigenvalue weighted by atomic mass is 15.1.